The molecule has 0 radical (unpaired) electrons. The van der Waals surface area contributed by atoms with E-state index in [0.717, 1.165) is 80.9 Å². The van der Waals surface area contributed by atoms with E-state index in [-0.39, 0.29) is 24.4 Å². The van der Waals surface area contributed by atoms with Gasteiger partial charge in [0.2, 0.25) is 0 Å². The van der Waals surface area contributed by atoms with E-state index in [2.05, 4.69) is 66.7 Å². The van der Waals surface area contributed by atoms with Crippen LogP contribution in [0.2, 0.25) is 0 Å². The summed E-state index contributed by atoms with van der Waals surface area (Å²) in [6.45, 7) is 0. The van der Waals surface area contributed by atoms with E-state index >= 15 is 4.57 Å². The van der Waals surface area contributed by atoms with Gasteiger partial charge in [-0.05, 0) is 82.2 Å². The molecule has 0 aliphatic rings. The van der Waals surface area contributed by atoms with Crippen LogP contribution in [0.5, 0.6) is 0 Å². The van der Waals surface area contributed by atoms with Crippen LogP contribution in [-0.4, -0.2) is 9.97 Å². The molecule has 4 heteroatoms. The van der Waals surface area contributed by atoms with Crippen molar-refractivity contribution >= 4 is 88.0 Å². The summed E-state index contributed by atoms with van der Waals surface area (Å²) >= 11 is 0. The molecule has 3 nitrogen and oxygen atoms in total. The van der Waals surface area contributed by atoms with Crippen LogP contribution in [0, 0.1) is 0 Å². The van der Waals surface area contributed by atoms with E-state index in [4.69, 9.17) is 12.7 Å². The van der Waals surface area contributed by atoms with Crippen molar-refractivity contribution in [2.75, 3.05) is 0 Å². The van der Waals surface area contributed by atoms with E-state index < -0.39 is 7.14 Å². The minimum Gasteiger partial charge on any atom is -0.309 e. The predicted octanol–water partition coefficient (Wildman–Crippen LogP) is 14.0. The van der Waals surface area contributed by atoms with Crippen LogP contribution >= 0.6 is 7.14 Å². The summed E-state index contributed by atoms with van der Waals surface area (Å²) in [5.74, 6) is 0. The smallest absolute Gasteiger partial charge is 0.171 e. The van der Waals surface area contributed by atoms with Gasteiger partial charge in [-0.25, -0.2) is 0 Å². The average Bonchev–Trinajstić information content (AvgIpc) is 3.37. The van der Waals surface area contributed by atoms with E-state index in [0.29, 0.717) is 33.3 Å². The van der Waals surface area contributed by atoms with Crippen molar-refractivity contribution in [3.05, 3.63) is 225 Å². The topological polar surface area (TPSA) is 42.9 Å². The van der Waals surface area contributed by atoms with Gasteiger partial charge in [-0.1, -0.05) is 206 Å². The Bertz CT molecular complexity index is 3900. The van der Waals surface area contributed by atoms with Gasteiger partial charge in [-0.15, -0.1) is 0 Å². The second-order valence-electron chi connectivity index (χ2n) is 15.7. The van der Waals surface area contributed by atoms with E-state index in [9.17, 15) is 2.74 Å². The molecular weight excluding hydrogens is 772 g/mol. The Morgan fingerprint density at radius 3 is 1.42 bits per heavy atom. The SMILES string of the molecule is [2H]c1nc2c(-c3c4ccccc4c(-c4ccc(P(=O)(c5ccccc5)c5ccccc5)cc4)c4ccccc34)c([2H])c([2H])c(-c3cc4ccccc4c4c3ccc3ccccc34)c2nc1[2H]. The maximum atomic E-state index is 15.3. The number of fused-ring (bicyclic) bond motifs is 8. The lowest BCUT2D eigenvalue weighted by Gasteiger charge is -2.21. The van der Waals surface area contributed by atoms with Crippen molar-refractivity contribution in [2.24, 2.45) is 0 Å². The van der Waals surface area contributed by atoms with Crippen molar-refractivity contribution in [1.29, 1.82) is 0 Å². The molecule has 11 aromatic carbocycles. The first-order valence-electron chi connectivity index (χ1n) is 22.7. The summed E-state index contributed by atoms with van der Waals surface area (Å²) in [6, 6.07) is 66.2. The minimum absolute atomic E-state index is 0.0391. The monoisotopic (exact) mass is 812 g/mol. The van der Waals surface area contributed by atoms with Gasteiger partial charge in [0.25, 0.3) is 0 Å². The highest BCUT2D eigenvalue weighted by Gasteiger charge is 2.30. The predicted molar refractivity (Wildman–Crippen MR) is 263 cm³/mol. The second-order valence-corrected chi connectivity index (χ2v) is 18.4. The van der Waals surface area contributed by atoms with Gasteiger partial charge >= 0.3 is 0 Å². The van der Waals surface area contributed by atoms with E-state index in [1.165, 1.54) is 0 Å². The third kappa shape index (κ3) is 5.56. The van der Waals surface area contributed by atoms with E-state index in [1.54, 1.807) is 0 Å². The number of nitrogens with zero attached hydrogens (tertiary/aromatic N) is 2. The fourth-order valence-electron chi connectivity index (χ4n) is 9.58. The molecule has 0 spiro atoms. The molecule has 12 aromatic rings. The van der Waals surface area contributed by atoms with Gasteiger partial charge in [-0.3, -0.25) is 9.97 Å². The highest BCUT2D eigenvalue weighted by molar-refractivity contribution is 7.85. The molecule has 0 saturated carbocycles. The Labute approximate surface area is 364 Å². The Hall–Kier alpha value is -7.71. The Kier molecular flexibility index (Phi) is 7.50. The number of rotatable bonds is 6. The van der Waals surface area contributed by atoms with Crippen LogP contribution in [0.3, 0.4) is 0 Å². The van der Waals surface area contributed by atoms with Crippen LogP contribution in [-0.2, 0) is 4.57 Å². The first-order chi connectivity index (χ1) is 32.3. The maximum Gasteiger partial charge on any atom is 0.171 e. The first kappa shape index (κ1) is 32.1. The lowest BCUT2D eigenvalue weighted by molar-refractivity contribution is 0.592. The molecule has 290 valence electrons. The molecular formula is C58H37N2OP. The molecule has 0 aliphatic heterocycles. The fourth-order valence-corrected chi connectivity index (χ4v) is 12.2. The molecule has 0 bridgehead atoms. The van der Waals surface area contributed by atoms with Crippen molar-refractivity contribution in [3.8, 4) is 33.4 Å². The van der Waals surface area contributed by atoms with Crippen molar-refractivity contribution in [2.45, 2.75) is 0 Å². The Balaban J connectivity index is 1.12. The van der Waals surface area contributed by atoms with Gasteiger partial charge in [0.15, 0.2) is 7.14 Å². The quantitative estimate of drug-likeness (QED) is 0.0954. The zero-order valence-corrected chi connectivity index (χ0v) is 34.2. The molecule has 1 heterocycles. The maximum absolute atomic E-state index is 15.3. The Morgan fingerprint density at radius 2 is 0.823 bits per heavy atom. The summed E-state index contributed by atoms with van der Waals surface area (Å²) in [7, 11) is -3.22. The lowest BCUT2D eigenvalue weighted by Crippen LogP contribution is -2.24. The standard InChI is InChI=1S/C58H37N2OP/c61-62(41-17-3-1-4-18-41,42-19-5-2-6-20-42)43-30-27-39(28-31-43)54-46-23-11-13-25-48(46)56(49-26-14-12-24-47(49)54)52-34-33-51(57-58(52)60-36-35-59-57)53-37-40-16-8-10-22-45(40)55-44-21-9-7-15-38(44)29-32-50(53)55/h1-37H/i33D,34D,35D,36D. The first-order valence-corrected chi connectivity index (χ1v) is 22.4. The van der Waals surface area contributed by atoms with Gasteiger partial charge in [0, 0.05) is 39.4 Å². The van der Waals surface area contributed by atoms with Crippen molar-refractivity contribution < 1.29 is 10.0 Å². The fraction of sp³-hybridized carbons (Fsp3) is 0. The molecule has 0 atom stereocenters. The third-order valence-corrected chi connectivity index (χ3v) is 15.4. The van der Waals surface area contributed by atoms with Gasteiger partial charge in [0.1, 0.15) is 0 Å². The number of benzene rings is 11. The lowest BCUT2D eigenvalue weighted by atomic mass is 9.84. The highest BCUT2D eigenvalue weighted by Crippen LogP contribution is 2.48. The highest BCUT2D eigenvalue weighted by atomic mass is 31.2. The molecule has 62 heavy (non-hydrogen) atoms. The van der Waals surface area contributed by atoms with Crippen LogP contribution in [0.4, 0.5) is 0 Å². The van der Waals surface area contributed by atoms with Crippen molar-refractivity contribution in [3.63, 3.8) is 0 Å². The van der Waals surface area contributed by atoms with Crippen LogP contribution in [0.25, 0.3) is 98.3 Å². The van der Waals surface area contributed by atoms with Crippen molar-refractivity contribution in [1.82, 2.24) is 9.97 Å². The minimum atomic E-state index is -3.22. The number of hydrogen-bond acceptors (Lipinski definition) is 3. The van der Waals surface area contributed by atoms with Crippen LogP contribution in [0.1, 0.15) is 5.48 Å². The van der Waals surface area contributed by atoms with Gasteiger partial charge < -0.3 is 4.57 Å². The zero-order chi connectivity index (χ0) is 44.7. The zero-order valence-electron chi connectivity index (χ0n) is 37.3. The number of aromatic nitrogens is 2. The molecule has 0 fully saturated rings. The average molecular weight is 813 g/mol. The molecule has 0 unspecified atom stereocenters. The largest absolute Gasteiger partial charge is 0.309 e. The summed E-state index contributed by atoms with van der Waals surface area (Å²) in [5.41, 5.74) is 4.70. The van der Waals surface area contributed by atoms with Crippen LogP contribution < -0.4 is 15.9 Å². The van der Waals surface area contributed by atoms with Crippen LogP contribution in [0.15, 0.2) is 225 Å². The molecule has 0 saturated heterocycles. The van der Waals surface area contributed by atoms with Gasteiger partial charge in [0.05, 0.1) is 16.5 Å². The van der Waals surface area contributed by atoms with Gasteiger partial charge in [-0.2, -0.15) is 0 Å². The number of hydrogen-bond donors (Lipinski definition) is 0. The summed E-state index contributed by atoms with van der Waals surface area (Å²) < 4.78 is 53.0. The van der Waals surface area contributed by atoms with E-state index in [1.807, 2.05) is 133 Å². The molecule has 0 aliphatic carbocycles. The molecule has 1 aromatic heterocycles. The second kappa shape index (κ2) is 14.5. The summed E-state index contributed by atoms with van der Waals surface area (Å²) in [6.07, 6.45) is -0.616. The third-order valence-electron chi connectivity index (χ3n) is 12.4. The normalized spacial score (nSPS) is 12.8. The molecule has 0 amide bonds. The summed E-state index contributed by atoms with van der Waals surface area (Å²) in [4.78, 5) is 9.57. The molecule has 0 N–H and O–H groups in total. The Morgan fingerprint density at radius 1 is 0.371 bits per heavy atom. The molecule has 12 rings (SSSR count). The summed E-state index contributed by atoms with van der Waals surface area (Å²) in [5, 5.41) is 11.9.